The van der Waals surface area contributed by atoms with Crippen molar-refractivity contribution in [1.29, 1.82) is 0 Å². The van der Waals surface area contributed by atoms with Crippen molar-refractivity contribution >= 4 is 21.7 Å². The predicted molar refractivity (Wildman–Crippen MR) is 94.5 cm³/mol. The highest BCUT2D eigenvalue weighted by Gasteiger charge is 2.29. The molecule has 0 N–H and O–H groups in total. The van der Waals surface area contributed by atoms with Crippen LogP contribution in [0, 0.1) is 5.92 Å². The summed E-state index contributed by atoms with van der Waals surface area (Å²) >= 11 is 0. The maximum Gasteiger partial charge on any atom is 0.310 e. The zero-order chi connectivity index (χ0) is 18.3. The van der Waals surface area contributed by atoms with Gasteiger partial charge in [0.1, 0.15) is 0 Å². The average Bonchev–Trinajstić information content (AvgIpc) is 2.60. The molecular formula is C18H25NO5S. The van der Waals surface area contributed by atoms with Crippen LogP contribution in [0.3, 0.4) is 0 Å². The number of likely N-dealkylation sites (tertiary alicyclic amines) is 1. The van der Waals surface area contributed by atoms with E-state index in [-0.39, 0.29) is 35.7 Å². The van der Waals surface area contributed by atoms with Crippen molar-refractivity contribution in [2.24, 2.45) is 5.92 Å². The Labute approximate surface area is 149 Å². The molecule has 7 heteroatoms. The number of benzene rings is 1. The monoisotopic (exact) mass is 367 g/mol. The third-order valence-corrected chi connectivity index (χ3v) is 5.85. The Balaban J connectivity index is 1.85. The molecule has 1 saturated heterocycles. The summed E-state index contributed by atoms with van der Waals surface area (Å²) in [5, 5.41) is 0. The molecule has 0 saturated carbocycles. The van der Waals surface area contributed by atoms with Gasteiger partial charge in [-0.2, -0.15) is 0 Å². The molecule has 6 nitrogen and oxygen atoms in total. The van der Waals surface area contributed by atoms with Crippen molar-refractivity contribution < 1.29 is 22.7 Å². The topological polar surface area (TPSA) is 80.8 Å². The first-order valence-electron chi connectivity index (χ1n) is 8.60. The van der Waals surface area contributed by atoms with E-state index < -0.39 is 9.84 Å². The number of hydrogen-bond acceptors (Lipinski definition) is 5. The molecule has 1 aliphatic heterocycles. The molecule has 0 bridgehead atoms. The van der Waals surface area contributed by atoms with E-state index in [1.165, 1.54) is 0 Å². The first-order valence-corrected chi connectivity index (χ1v) is 10.4. The average molecular weight is 367 g/mol. The van der Waals surface area contributed by atoms with Crippen molar-refractivity contribution in [2.75, 3.05) is 25.4 Å². The van der Waals surface area contributed by atoms with E-state index in [2.05, 4.69) is 0 Å². The van der Waals surface area contributed by atoms with Gasteiger partial charge >= 0.3 is 5.97 Å². The van der Waals surface area contributed by atoms with Crippen LogP contribution in [0.15, 0.2) is 30.3 Å². The van der Waals surface area contributed by atoms with Gasteiger partial charge in [-0.15, -0.1) is 0 Å². The Morgan fingerprint density at radius 1 is 1.24 bits per heavy atom. The van der Waals surface area contributed by atoms with Crippen molar-refractivity contribution in [2.45, 2.75) is 31.9 Å². The van der Waals surface area contributed by atoms with Crippen molar-refractivity contribution in [3.8, 4) is 0 Å². The summed E-state index contributed by atoms with van der Waals surface area (Å²) in [5.74, 6) is -1.05. The largest absolute Gasteiger partial charge is 0.466 e. The number of rotatable bonds is 7. The summed E-state index contributed by atoms with van der Waals surface area (Å²) in [4.78, 5) is 25.7. The summed E-state index contributed by atoms with van der Waals surface area (Å²) in [5.41, 5.74) is 0.718. The number of esters is 1. The molecule has 0 spiro atoms. The van der Waals surface area contributed by atoms with Gasteiger partial charge in [0.05, 0.1) is 24.0 Å². The SMILES string of the molecule is CCOC(=O)[C@@H]1CCCN(C(=O)CCS(=O)(=O)Cc2ccccc2)C1. The van der Waals surface area contributed by atoms with Gasteiger partial charge in [-0.25, -0.2) is 8.42 Å². The van der Waals surface area contributed by atoms with Crippen molar-refractivity contribution in [3.05, 3.63) is 35.9 Å². The molecule has 1 heterocycles. The quantitative estimate of drug-likeness (QED) is 0.687. The third kappa shape index (κ3) is 6.16. The van der Waals surface area contributed by atoms with Crippen LogP contribution in [0.5, 0.6) is 0 Å². The van der Waals surface area contributed by atoms with Gasteiger partial charge in [-0.1, -0.05) is 30.3 Å². The molecule has 1 fully saturated rings. The molecule has 25 heavy (non-hydrogen) atoms. The number of nitrogens with zero attached hydrogens (tertiary/aromatic N) is 1. The van der Waals surface area contributed by atoms with E-state index in [4.69, 9.17) is 4.74 Å². The number of carbonyl (C=O) groups is 2. The van der Waals surface area contributed by atoms with Gasteiger partial charge in [0.25, 0.3) is 0 Å². The standard InChI is InChI=1S/C18H25NO5S/c1-2-24-18(21)16-9-6-11-19(13-16)17(20)10-12-25(22,23)14-15-7-4-3-5-8-15/h3-5,7-8,16H,2,6,9-14H2,1H3/t16-/m1/s1. The second kappa shape index (κ2) is 8.99. The number of carbonyl (C=O) groups excluding carboxylic acids is 2. The fourth-order valence-corrected chi connectivity index (χ4v) is 4.29. The smallest absolute Gasteiger partial charge is 0.310 e. The summed E-state index contributed by atoms with van der Waals surface area (Å²) in [6.07, 6.45) is 1.38. The second-order valence-corrected chi connectivity index (χ2v) is 8.44. The first kappa shape index (κ1) is 19.4. The highest BCUT2D eigenvalue weighted by Crippen LogP contribution is 2.19. The lowest BCUT2D eigenvalue weighted by Gasteiger charge is -2.31. The van der Waals surface area contributed by atoms with Crippen LogP contribution >= 0.6 is 0 Å². The summed E-state index contributed by atoms with van der Waals surface area (Å²) in [6, 6.07) is 8.93. The van der Waals surface area contributed by atoms with Gasteiger partial charge in [0.2, 0.25) is 5.91 Å². The lowest BCUT2D eigenvalue weighted by atomic mass is 9.98. The molecule has 0 aliphatic carbocycles. The Morgan fingerprint density at radius 2 is 1.96 bits per heavy atom. The summed E-state index contributed by atoms with van der Waals surface area (Å²) in [7, 11) is -3.35. The molecule has 138 valence electrons. The van der Waals surface area contributed by atoms with Crippen LogP contribution in [0.25, 0.3) is 0 Å². The van der Waals surface area contributed by atoms with Crippen LogP contribution in [-0.2, 0) is 29.9 Å². The lowest BCUT2D eigenvalue weighted by Crippen LogP contribution is -2.43. The minimum Gasteiger partial charge on any atom is -0.466 e. The Hall–Kier alpha value is -1.89. The molecule has 0 aromatic heterocycles. The van der Waals surface area contributed by atoms with E-state index in [1.807, 2.05) is 6.07 Å². The normalized spacial score (nSPS) is 18.0. The minimum atomic E-state index is -3.35. The number of hydrogen-bond donors (Lipinski definition) is 0. The summed E-state index contributed by atoms with van der Waals surface area (Å²) in [6.45, 7) is 2.95. The molecule has 1 aliphatic rings. The highest BCUT2D eigenvalue weighted by atomic mass is 32.2. The van der Waals surface area contributed by atoms with E-state index in [0.717, 1.165) is 12.0 Å². The van der Waals surface area contributed by atoms with Crippen molar-refractivity contribution in [3.63, 3.8) is 0 Å². The first-order chi connectivity index (χ1) is 11.9. The van der Waals surface area contributed by atoms with Crippen LogP contribution < -0.4 is 0 Å². The lowest BCUT2D eigenvalue weighted by molar-refractivity contribution is -0.151. The molecule has 1 atom stereocenters. The number of ether oxygens (including phenoxy) is 1. The fourth-order valence-electron chi connectivity index (χ4n) is 2.96. The zero-order valence-electron chi connectivity index (χ0n) is 14.5. The highest BCUT2D eigenvalue weighted by molar-refractivity contribution is 7.90. The summed E-state index contributed by atoms with van der Waals surface area (Å²) < 4.78 is 29.4. The van der Waals surface area contributed by atoms with Crippen LogP contribution in [0.2, 0.25) is 0 Å². The van der Waals surface area contributed by atoms with Crippen LogP contribution in [0.4, 0.5) is 0 Å². The second-order valence-electron chi connectivity index (χ2n) is 6.26. The molecule has 1 aromatic carbocycles. The fraction of sp³-hybridized carbons (Fsp3) is 0.556. The minimum absolute atomic E-state index is 0.0509. The van der Waals surface area contributed by atoms with E-state index in [0.29, 0.717) is 26.1 Å². The Bertz CT molecular complexity index is 687. The number of piperidine rings is 1. The molecule has 1 amide bonds. The molecular weight excluding hydrogens is 342 g/mol. The molecule has 0 unspecified atom stereocenters. The third-order valence-electron chi connectivity index (χ3n) is 4.25. The maximum atomic E-state index is 12.3. The maximum absolute atomic E-state index is 12.3. The van der Waals surface area contributed by atoms with Crippen LogP contribution in [0.1, 0.15) is 31.7 Å². The van der Waals surface area contributed by atoms with Crippen molar-refractivity contribution in [1.82, 2.24) is 4.90 Å². The van der Waals surface area contributed by atoms with E-state index in [1.54, 1.807) is 36.1 Å². The Morgan fingerprint density at radius 3 is 2.64 bits per heavy atom. The van der Waals surface area contributed by atoms with Gasteiger partial charge in [0, 0.05) is 19.5 Å². The van der Waals surface area contributed by atoms with Gasteiger partial charge in [0.15, 0.2) is 9.84 Å². The van der Waals surface area contributed by atoms with E-state index in [9.17, 15) is 18.0 Å². The van der Waals surface area contributed by atoms with Gasteiger partial charge in [-0.05, 0) is 25.3 Å². The predicted octanol–water partition coefficient (Wildman–Crippen LogP) is 1.79. The molecule has 1 aromatic rings. The number of amides is 1. The Kier molecular flexibility index (Phi) is 6.99. The van der Waals surface area contributed by atoms with Crippen LogP contribution in [-0.4, -0.2) is 50.6 Å². The molecule has 2 rings (SSSR count). The van der Waals surface area contributed by atoms with E-state index >= 15 is 0 Å². The molecule has 0 radical (unpaired) electrons. The zero-order valence-corrected chi connectivity index (χ0v) is 15.3. The number of sulfone groups is 1. The van der Waals surface area contributed by atoms with Gasteiger partial charge < -0.3 is 9.64 Å². The van der Waals surface area contributed by atoms with Gasteiger partial charge in [-0.3, -0.25) is 9.59 Å².